The number of benzene rings is 1. The van der Waals surface area contributed by atoms with Crippen molar-refractivity contribution in [3.05, 3.63) is 55.1 Å². The van der Waals surface area contributed by atoms with Crippen LogP contribution in [0.15, 0.2) is 49.6 Å². The summed E-state index contributed by atoms with van der Waals surface area (Å²) in [5, 5.41) is 9.50. The largest absolute Gasteiger partial charge is 0.496 e. The van der Waals surface area contributed by atoms with Crippen molar-refractivity contribution < 1.29 is 14.6 Å². The molecule has 1 unspecified atom stereocenters. The molecule has 1 aromatic rings. The molecule has 0 saturated carbocycles. The van der Waals surface area contributed by atoms with E-state index in [2.05, 4.69) is 13.2 Å². The van der Waals surface area contributed by atoms with Gasteiger partial charge in [-0.25, -0.2) is 0 Å². The van der Waals surface area contributed by atoms with E-state index in [1.165, 1.54) is 7.11 Å². The Labute approximate surface area is 113 Å². The molecular formula is C15H19NO3. The number of carboxylic acid groups (broad SMARTS) is 1. The fraction of sp³-hybridized carbons (Fsp3) is 0.267. The highest BCUT2D eigenvalue weighted by molar-refractivity contribution is 5.76. The molecule has 0 aliphatic rings. The lowest BCUT2D eigenvalue weighted by atomic mass is 10.0. The molecule has 1 N–H and O–H groups in total. The van der Waals surface area contributed by atoms with Crippen LogP contribution in [0, 0.1) is 0 Å². The lowest BCUT2D eigenvalue weighted by Crippen LogP contribution is -2.34. The van der Waals surface area contributed by atoms with Crippen LogP contribution in [0.3, 0.4) is 0 Å². The summed E-state index contributed by atoms with van der Waals surface area (Å²) in [6, 6.07) is 6.34. The second-order valence-corrected chi connectivity index (χ2v) is 4.01. The molecule has 1 atom stereocenters. The van der Waals surface area contributed by atoms with Gasteiger partial charge in [-0.2, -0.15) is 0 Å². The normalized spacial score (nSPS) is 11.9. The highest BCUT2D eigenvalue weighted by Crippen LogP contribution is 2.29. The average Bonchev–Trinajstić information content (AvgIpc) is 2.39. The number of nitrogens with zero attached hydrogens (tertiary/aromatic N) is 1. The molecule has 1 rings (SSSR count). The minimum Gasteiger partial charge on any atom is -0.496 e. The van der Waals surface area contributed by atoms with E-state index in [1.54, 1.807) is 35.3 Å². The van der Waals surface area contributed by atoms with Crippen LogP contribution in [0.25, 0.3) is 0 Å². The first-order valence-electron chi connectivity index (χ1n) is 5.97. The highest BCUT2D eigenvalue weighted by atomic mass is 16.5. The molecule has 19 heavy (non-hydrogen) atoms. The minimum absolute atomic E-state index is 0.459. The quantitative estimate of drug-likeness (QED) is 0.730. The lowest BCUT2D eigenvalue weighted by Gasteiger charge is -2.27. The molecule has 0 radical (unpaired) electrons. The Balaban J connectivity index is 3.20. The molecule has 102 valence electrons. The smallest absolute Gasteiger partial charge is 0.325 e. The SMILES string of the molecule is C=CCN(CC=C)C(C(=O)O)c1ccccc1OC. The van der Waals surface area contributed by atoms with Gasteiger partial charge in [0, 0.05) is 18.7 Å². The van der Waals surface area contributed by atoms with Crippen LogP contribution in [0.1, 0.15) is 11.6 Å². The topological polar surface area (TPSA) is 49.8 Å². The van der Waals surface area contributed by atoms with E-state index in [0.29, 0.717) is 24.4 Å². The van der Waals surface area contributed by atoms with Gasteiger partial charge in [-0.3, -0.25) is 9.69 Å². The summed E-state index contributed by atoms with van der Waals surface area (Å²) in [5.41, 5.74) is 0.626. The first kappa shape index (κ1) is 15.0. The van der Waals surface area contributed by atoms with E-state index in [-0.39, 0.29) is 0 Å². The second-order valence-electron chi connectivity index (χ2n) is 4.01. The van der Waals surface area contributed by atoms with E-state index >= 15 is 0 Å². The molecule has 0 spiro atoms. The summed E-state index contributed by atoms with van der Waals surface area (Å²) in [6.45, 7) is 8.24. The van der Waals surface area contributed by atoms with Crippen molar-refractivity contribution in [2.24, 2.45) is 0 Å². The van der Waals surface area contributed by atoms with Crippen molar-refractivity contribution in [3.8, 4) is 5.75 Å². The molecule has 0 bridgehead atoms. The Hall–Kier alpha value is -2.07. The molecule has 0 fully saturated rings. The van der Waals surface area contributed by atoms with E-state index in [4.69, 9.17) is 4.74 Å². The van der Waals surface area contributed by atoms with E-state index in [9.17, 15) is 9.90 Å². The molecular weight excluding hydrogens is 242 g/mol. The molecule has 0 aliphatic heterocycles. The Bertz CT molecular complexity index is 446. The molecule has 0 saturated heterocycles. The summed E-state index contributed by atoms with van der Waals surface area (Å²) in [6.07, 6.45) is 3.35. The van der Waals surface area contributed by atoms with Crippen molar-refractivity contribution >= 4 is 5.97 Å². The van der Waals surface area contributed by atoms with Gasteiger partial charge in [0.05, 0.1) is 7.11 Å². The molecule has 1 aromatic carbocycles. The number of ether oxygens (including phenoxy) is 1. The predicted molar refractivity (Wildman–Crippen MR) is 75.3 cm³/mol. The fourth-order valence-electron chi connectivity index (χ4n) is 2.00. The van der Waals surface area contributed by atoms with Gasteiger partial charge in [0.25, 0.3) is 0 Å². The maximum Gasteiger partial charge on any atom is 0.325 e. The number of hydrogen-bond donors (Lipinski definition) is 1. The van der Waals surface area contributed by atoms with Crippen molar-refractivity contribution in [2.45, 2.75) is 6.04 Å². The summed E-state index contributed by atoms with van der Waals surface area (Å²) in [4.78, 5) is 13.4. The molecule has 4 heteroatoms. The Kier molecular flexibility index (Phi) is 5.82. The number of aliphatic carboxylic acids is 1. The Morgan fingerprint density at radius 1 is 1.37 bits per heavy atom. The highest BCUT2D eigenvalue weighted by Gasteiger charge is 2.28. The summed E-state index contributed by atoms with van der Waals surface area (Å²) in [7, 11) is 1.53. The van der Waals surface area contributed by atoms with Gasteiger partial charge in [-0.15, -0.1) is 13.2 Å². The van der Waals surface area contributed by atoms with Crippen LogP contribution in [0.4, 0.5) is 0 Å². The van der Waals surface area contributed by atoms with Crippen molar-refractivity contribution in [1.82, 2.24) is 4.90 Å². The number of para-hydroxylation sites is 1. The third-order valence-corrected chi connectivity index (χ3v) is 2.76. The standard InChI is InChI=1S/C15H19NO3/c1-4-10-16(11-5-2)14(15(17)18)12-8-6-7-9-13(12)19-3/h4-9,14H,1-2,10-11H2,3H3,(H,17,18). The van der Waals surface area contributed by atoms with Crippen LogP contribution < -0.4 is 4.74 Å². The van der Waals surface area contributed by atoms with Gasteiger partial charge < -0.3 is 9.84 Å². The maximum absolute atomic E-state index is 11.6. The fourth-order valence-corrected chi connectivity index (χ4v) is 2.00. The maximum atomic E-state index is 11.6. The summed E-state index contributed by atoms with van der Waals surface area (Å²) in [5.74, 6) is -0.360. The third kappa shape index (κ3) is 3.69. The Morgan fingerprint density at radius 3 is 2.42 bits per heavy atom. The van der Waals surface area contributed by atoms with E-state index in [1.807, 2.05) is 6.07 Å². The van der Waals surface area contributed by atoms with E-state index in [0.717, 1.165) is 0 Å². The molecule has 0 amide bonds. The van der Waals surface area contributed by atoms with Crippen LogP contribution >= 0.6 is 0 Å². The van der Waals surface area contributed by atoms with Gasteiger partial charge >= 0.3 is 5.97 Å². The van der Waals surface area contributed by atoms with Crippen LogP contribution in [-0.4, -0.2) is 36.2 Å². The monoisotopic (exact) mass is 261 g/mol. The summed E-state index contributed by atoms with van der Waals surface area (Å²) >= 11 is 0. The van der Waals surface area contributed by atoms with Crippen LogP contribution in [-0.2, 0) is 4.79 Å². The average molecular weight is 261 g/mol. The number of carboxylic acids is 1. The first-order chi connectivity index (χ1) is 9.15. The summed E-state index contributed by atoms with van der Waals surface area (Å²) < 4.78 is 5.24. The first-order valence-corrected chi connectivity index (χ1v) is 5.97. The van der Waals surface area contributed by atoms with Crippen LogP contribution in [0.2, 0.25) is 0 Å². The number of hydrogen-bond acceptors (Lipinski definition) is 3. The van der Waals surface area contributed by atoms with Crippen molar-refractivity contribution in [1.29, 1.82) is 0 Å². The zero-order chi connectivity index (χ0) is 14.3. The van der Waals surface area contributed by atoms with Gasteiger partial charge in [0.2, 0.25) is 0 Å². The minimum atomic E-state index is -0.923. The number of rotatable bonds is 8. The number of methoxy groups -OCH3 is 1. The second kappa shape index (κ2) is 7.38. The van der Waals surface area contributed by atoms with Crippen LogP contribution in [0.5, 0.6) is 5.75 Å². The van der Waals surface area contributed by atoms with Gasteiger partial charge in [-0.05, 0) is 6.07 Å². The van der Waals surface area contributed by atoms with Gasteiger partial charge in [-0.1, -0.05) is 30.4 Å². The zero-order valence-corrected chi connectivity index (χ0v) is 11.1. The van der Waals surface area contributed by atoms with Gasteiger partial charge in [0.15, 0.2) is 0 Å². The number of carbonyl (C=O) groups is 1. The lowest BCUT2D eigenvalue weighted by molar-refractivity contribution is -0.143. The third-order valence-electron chi connectivity index (χ3n) is 2.76. The van der Waals surface area contributed by atoms with Crippen molar-refractivity contribution in [3.63, 3.8) is 0 Å². The molecule has 0 aromatic heterocycles. The Morgan fingerprint density at radius 2 is 1.95 bits per heavy atom. The van der Waals surface area contributed by atoms with Crippen molar-refractivity contribution in [2.75, 3.05) is 20.2 Å². The predicted octanol–water partition coefficient (Wildman–Crippen LogP) is 2.49. The molecule has 0 aliphatic carbocycles. The molecule has 4 nitrogen and oxygen atoms in total. The van der Waals surface area contributed by atoms with E-state index < -0.39 is 12.0 Å². The molecule has 0 heterocycles. The zero-order valence-electron chi connectivity index (χ0n) is 11.1. The van der Waals surface area contributed by atoms with Gasteiger partial charge in [0.1, 0.15) is 11.8 Å².